The first-order chi connectivity index (χ1) is 15.1. The van der Waals surface area contributed by atoms with Crippen molar-refractivity contribution in [2.24, 2.45) is 11.5 Å². The van der Waals surface area contributed by atoms with Gasteiger partial charge >= 0.3 is 5.97 Å². The molecule has 1 saturated heterocycles. The average molecular weight is 447 g/mol. The van der Waals surface area contributed by atoms with E-state index in [-0.39, 0.29) is 12.3 Å². The lowest BCUT2D eigenvalue weighted by molar-refractivity contribution is -0.144. The Balaban J connectivity index is 2.20. The zero-order valence-corrected chi connectivity index (χ0v) is 17.8. The number of carbonyl (C=O) groups excluding carboxylic acids is 4. The van der Waals surface area contributed by atoms with Gasteiger partial charge in [-0.2, -0.15) is 0 Å². The molecule has 1 aliphatic heterocycles. The van der Waals surface area contributed by atoms with Crippen molar-refractivity contribution in [3.05, 3.63) is 35.9 Å². The van der Waals surface area contributed by atoms with Crippen LogP contribution in [-0.4, -0.2) is 70.3 Å². The summed E-state index contributed by atoms with van der Waals surface area (Å²) in [7, 11) is 0. The van der Waals surface area contributed by atoms with E-state index in [9.17, 15) is 29.1 Å². The molecule has 0 aliphatic carbocycles. The molecule has 32 heavy (non-hydrogen) atoms. The van der Waals surface area contributed by atoms with E-state index in [1.54, 1.807) is 30.3 Å². The number of likely N-dealkylation sites (tertiary alicyclic amines) is 1. The first-order valence-electron chi connectivity index (χ1n) is 10.3. The number of nitrogens with zero attached hydrogens (tertiary/aromatic N) is 1. The van der Waals surface area contributed by atoms with Gasteiger partial charge in [0.2, 0.25) is 23.6 Å². The Bertz CT molecular complexity index is 859. The molecular weight excluding hydrogens is 418 g/mol. The van der Waals surface area contributed by atoms with Gasteiger partial charge in [0.25, 0.3) is 0 Å². The van der Waals surface area contributed by atoms with E-state index in [4.69, 9.17) is 11.5 Å². The minimum atomic E-state index is -1.53. The summed E-state index contributed by atoms with van der Waals surface area (Å²) in [5.74, 6) is -3.99. The molecule has 4 atom stereocenters. The van der Waals surface area contributed by atoms with Crippen molar-refractivity contribution < 1.29 is 29.1 Å². The fourth-order valence-electron chi connectivity index (χ4n) is 3.57. The number of hydrogen-bond acceptors (Lipinski definition) is 6. The van der Waals surface area contributed by atoms with Gasteiger partial charge in [0.05, 0.1) is 12.5 Å². The fourth-order valence-corrected chi connectivity index (χ4v) is 3.57. The predicted molar refractivity (Wildman–Crippen MR) is 114 cm³/mol. The summed E-state index contributed by atoms with van der Waals surface area (Å²) in [6, 6.07) is 4.62. The number of benzene rings is 1. The summed E-state index contributed by atoms with van der Waals surface area (Å²) in [5.41, 5.74) is 11.5. The molecule has 11 nitrogen and oxygen atoms in total. The van der Waals surface area contributed by atoms with Gasteiger partial charge in [-0.15, -0.1) is 0 Å². The van der Waals surface area contributed by atoms with Crippen LogP contribution in [0.4, 0.5) is 0 Å². The lowest BCUT2D eigenvalue weighted by Gasteiger charge is -2.28. The van der Waals surface area contributed by atoms with E-state index in [0.29, 0.717) is 19.4 Å². The zero-order valence-electron chi connectivity index (χ0n) is 17.8. The molecule has 4 amide bonds. The van der Waals surface area contributed by atoms with Crippen LogP contribution in [-0.2, 0) is 30.4 Å². The van der Waals surface area contributed by atoms with Crippen molar-refractivity contribution in [1.29, 1.82) is 0 Å². The number of carbonyl (C=O) groups is 5. The highest BCUT2D eigenvalue weighted by atomic mass is 16.4. The first kappa shape index (κ1) is 24.8. The van der Waals surface area contributed by atoms with Crippen LogP contribution < -0.4 is 22.1 Å². The number of rotatable bonds is 10. The van der Waals surface area contributed by atoms with Crippen LogP contribution in [0.15, 0.2) is 30.3 Å². The van der Waals surface area contributed by atoms with Crippen molar-refractivity contribution in [1.82, 2.24) is 15.5 Å². The zero-order chi connectivity index (χ0) is 23.8. The van der Waals surface area contributed by atoms with Crippen LogP contribution in [0.3, 0.4) is 0 Å². The van der Waals surface area contributed by atoms with Crippen LogP contribution >= 0.6 is 0 Å². The molecule has 0 bridgehead atoms. The van der Waals surface area contributed by atoms with Gasteiger partial charge in [-0.25, -0.2) is 4.79 Å². The van der Waals surface area contributed by atoms with E-state index in [2.05, 4.69) is 10.6 Å². The molecule has 0 radical (unpaired) electrons. The van der Waals surface area contributed by atoms with Gasteiger partial charge in [-0.05, 0) is 25.3 Å². The predicted octanol–water partition coefficient (Wildman–Crippen LogP) is -1.50. The maximum atomic E-state index is 13.0. The van der Waals surface area contributed by atoms with Crippen LogP contribution in [0, 0.1) is 0 Å². The Hall–Kier alpha value is -3.47. The summed E-state index contributed by atoms with van der Waals surface area (Å²) in [4.78, 5) is 62.1. The molecule has 1 aliphatic rings. The third-order valence-corrected chi connectivity index (χ3v) is 5.16. The monoisotopic (exact) mass is 447 g/mol. The summed E-state index contributed by atoms with van der Waals surface area (Å²) >= 11 is 0. The third kappa shape index (κ3) is 6.77. The van der Waals surface area contributed by atoms with Crippen molar-refractivity contribution >= 4 is 29.6 Å². The van der Waals surface area contributed by atoms with E-state index in [1.165, 1.54) is 11.8 Å². The topological polar surface area (TPSA) is 185 Å². The maximum Gasteiger partial charge on any atom is 0.326 e. The number of aliphatic carboxylic acids is 1. The number of primary amides is 1. The first-order valence-corrected chi connectivity index (χ1v) is 10.3. The number of carboxylic acids is 1. The van der Waals surface area contributed by atoms with Gasteiger partial charge < -0.3 is 32.1 Å². The van der Waals surface area contributed by atoms with Crippen LogP contribution in [0.25, 0.3) is 0 Å². The highest BCUT2D eigenvalue weighted by Crippen LogP contribution is 2.19. The minimum absolute atomic E-state index is 0.0787. The quantitative estimate of drug-likeness (QED) is 0.289. The van der Waals surface area contributed by atoms with Gasteiger partial charge in [0, 0.05) is 13.0 Å². The van der Waals surface area contributed by atoms with Crippen molar-refractivity contribution in [3.8, 4) is 0 Å². The maximum absolute atomic E-state index is 13.0. The second kappa shape index (κ2) is 11.2. The lowest BCUT2D eigenvalue weighted by Crippen LogP contribution is -2.57. The summed E-state index contributed by atoms with van der Waals surface area (Å²) < 4.78 is 0. The highest BCUT2D eigenvalue weighted by molar-refractivity contribution is 5.95. The normalized spacial score (nSPS) is 18.3. The van der Waals surface area contributed by atoms with Crippen LogP contribution in [0.1, 0.15) is 31.7 Å². The standard InChI is InChI=1S/C21H29N5O6/c1-12(22)20(30)26-9-5-8-16(26)19(29)24-14(10-13-6-3-2-4-7-13)18(28)25-15(21(31)32)11-17(23)27/h2-4,6-7,12,14-16H,5,8-11,22H2,1H3,(H2,23,27)(H,24,29)(H,25,28)(H,31,32). The Morgan fingerprint density at radius 1 is 1.12 bits per heavy atom. The fraction of sp³-hybridized carbons (Fsp3) is 0.476. The van der Waals surface area contributed by atoms with E-state index in [0.717, 1.165) is 5.56 Å². The molecule has 1 heterocycles. The molecule has 1 fully saturated rings. The smallest absolute Gasteiger partial charge is 0.326 e. The summed E-state index contributed by atoms with van der Waals surface area (Å²) in [6.45, 7) is 1.92. The van der Waals surface area contributed by atoms with E-state index >= 15 is 0 Å². The summed E-state index contributed by atoms with van der Waals surface area (Å²) in [6.07, 6.45) is 0.525. The van der Waals surface area contributed by atoms with Gasteiger partial charge in [-0.3, -0.25) is 19.2 Å². The molecule has 7 N–H and O–H groups in total. The number of nitrogens with two attached hydrogens (primary N) is 2. The molecule has 0 spiro atoms. The van der Waals surface area contributed by atoms with Gasteiger partial charge in [-0.1, -0.05) is 30.3 Å². The number of amides is 4. The largest absolute Gasteiger partial charge is 0.480 e. The second-order valence-electron chi connectivity index (χ2n) is 7.80. The molecular formula is C21H29N5O6. The Labute approximate surface area is 185 Å². The minimum Gasteiger partial charge on any atom is -0.480 e. The number of nitrogens with one attached hydrogen (secondary N) is 2. The van der Waals surface area contributed by atoms with Crippen LogP contribution in [0.5, 0.6) is 0 Å². The van der Waals surface area contributed by atoms with Crippen molar-refractivity contribution in [2.75, 3.05) is 6.54 Å². The molecule has 0 saturated carbocycles. The van der Waals surface area contributed by atoms with Gasteiger partial charge in [0.1, 0.15) is 18.1 Å². The van der Waals surface area contributed by atoms with Crippen LogP contribution in [0.2, 0.25) is 0 Å². The SMILES string of the molecule is CC(N)C(=O)N1CCCC1C(=O)NC(Cc1ccccc1)C(=O)NC(CC(N)=O)C(=O)O. The van der Waals surface area contributed by atoms with E-state index in [1.807, 2.05) is 0 Å². The molecule has 1 aromatic carbocycles. The number of hydrogen-bond donors (Lipinski definition) is 5. The van der Waals surface area contributed by atoms with Crippen molar-refractivity contribution in [3.63, 3.8) is 0 Å². The molecule has 4 unspecified atom stereocenters. The second-order valence-corrected chi connectivity index (χ2v) is 7.80. The Morgan fingerprint density at radius 3 is 2.34 bits per heavy atom. The lowest BCUT2D eigenvalue weighted by atomic mass is 10.0. The molecule has 0 aromatic heterocycles. The van der Waals surface area contributed by atoms with Crippen molar-refractivity contribution in [2.45, 2.75) is 56.8 Å². The molecule has 11 heteroatoms. The molecule has 2 rings (SSSR count). The highest BCUT2D eigenvalue weighted by Gasteiger charge is 2.37. The summed E-state index contributed by atoms with van der Waals surface area (Å²) in [5, 5.41) is 14.2. The average Bonchev–Trinajstić information content (AvgIpc) is 3.22. The van der Waals surface area contributed by atoms with Gasteiger partial charge in [0.15, 0.2) is 0 Å². The third-order valence-electron chi connectivity index (χ3n) is 5.16. The molecule has 1 aromatic rings. The molecule has 174 valence electrons. The number of carboxylic acid groups (broad SMARTS) is 1. The Kier molecular flexibility index (Phi) is 8.71. The van der Waals surface area contributed by atoms with E-state index < -0.39 is 54.3 Å². The Morgan fingerprint density at radius 2 is 1.78 bits per heavy atom.